The summed E-state index contributed by atoms with van der Waals surface area (Å²) >= 11 is 0. The van der Waals surface area contributed by atoms with E-state index in [-0.39, 0.29) is 30.0 Å². The van der Waals surface area contributed by atoms with Gasteiger partial charge in [-0.25, -0.2) is 24.6 Å². The van der Waals surface area contributed by atoms with Crippen molar-refractivity contribution < 1.29 is 13.9 Å². The van der Waals surface area contributed by atoms with Crippen LogP contribution in [0.15, 0.2) is 36.7 Å². The molecule has 2 aromatic heterocycles. The number of pyridine rings is 2. The van der Waals surface area contributed by atoms with Gasteiger partial charge in [0.25, 0.3) is 6.43 Å². The molecule has 1 unspecified atom stereocenters. The molecular weight excluding hydrogens is 380 g/mol. The number of hydrazine groups is 1. The number of hydrogen-bond acceptors (Lipinski definition) is 8. The summed E-state index contributed by atoms with van der Waals surface area (Å²) in [6, 6.07) is 7.81. The molecule has 0 aliphatic heterocycles. The van der Waals surface area contributed by atoms with E-state index < -0.39 is 12.0 Å². The first-order valence-electron chi connectivity index (χ1n) is 8.68. The van der Waals surface area contributed by atoms with Crippen LogP contribution in [0.4, 0.5) is 20.4 Å². The summed E-state index contributed by atoms with van der Waals surface area (Å²) in [5, 5.41) is 22.9. The van der Waals surface area contributed by atoms with Gasteiger partial charge >= 0.3 is 0 Å². The first-order chi connectivity index (χ1) is 13.6. The van der Waals surface area contributed by atoms with Crippen molar-refractivity contribution in [2.24, 2.45) is 11.6 Å². The first-order valence-corrected chi connectivity index (χ1v) is 8.68. The number of nitrogens with two attached hydrogens (primary N) is 2. The van der Waals surface area contributed by atoms with Crippen LogP contribution in [-0.4, -0.2) is 32.2 Å². The predicted octanol–water partition coefficient (Wildman–Crippen LogP) is 2.56. The third-order valence-electron chi connectivity index (χ3n) is 3.85. The fraction of sp³-hybridized carbons (Fsp3) is 0.316. The van der Waals surface area contributed by atoms with Crippen molar-refractivity contribution in [1.82, 2.24) is 15.0 Å². The van der Waals surface area contributed by atoms with Gasteiger partial charge in [-0.05, 0) is 43.7 Å². The van der Waals surface area contributed by atoms with Crippen LogP contribution in [-0.2, 0) is 0 Å². The van der Waals surface area contributed by atoms with Gasteiger partial charge in [-0.1, -0.05) is 0 Å². The number of nitriles is 1. The van der Waals surface area contributed by atoms with E-state index in [0.717, 1.165) is 5.56 Å². The number of anilines is 2. The van der Waals surface area contributed by atoms with Crippen LogP contribution in [0.5, 0.6) is 0 Å². The van der Waals surface area contributed by atoms with Crippen molar-refractivity contribution in [3.8, 4) is 6.07 Å². The average molecular weight is 403 g/mol. The molecule has 6 N–H and O–H groups in total. The smallest absolute Gasteiger partial charge is 0.264 e. The summed E-state index contributed by atoms with van der Waals surface area (Å²) < 4.78 is 25.7. The number of halogens is 2. The van der Waals surface area contributed by atoms with Crippen molar-refractivity contribution in [2.75, 3.05) is 11.9 Å². The van der Waals surface area contributed by atoms with E-state index >= 15 is 0 Å². The van der Waals surface area contributed by atoms with Crippen molar-refractivity contribution in [1.29, 1.82) is 5.26 Å². The van der Waals surface area contributed by atoms with Crippen molar-refractivity contribution in [2.45, 2.75) is 32.3 Å². The summed E-state index contributed by atoms with van der Waals surface area (Å²) in [4.78, 5) is 8.37. The zero-order chi connectivity index (χ0) is 21.6. The molecule has 0 amide bonds. The van der Waals surface area contributed by atoms with E-state index in [2.05, 4.69) is 15.3 Å². The molecule has 2 aromatic rings. The maximum absolute atomic E-state index is 12.9. The van der Waals surface area contributed by atoms with Crippen LogP contribution < -0.4 is 16.9 Å². The molecular formula is C19H23F2N7O. The first kappa shape index (κ1) is 22.0. The Kier molecular flexibility index (Phi) is 7.03. The highest BCUT2D eigenvalue weighted by Crippen LogP contribution is 2.23. The van der Waals surface area contributed by atoms with Crippen molar-refractivity contribution in [3.05, 3.63) is 53.5 Å². The van der Waals surface area contributed by atoms with E-state index in [0.29, 0.717) is 11.5 Å². The molecule has 0 radical (unpaired) electrons. The van der Waals surface area contributed by atoms with E-state index in [4.69, 9.17) is 16.8 Å². The summed E-state index contributed by atoms with van der Waals surface area (Å²) in [6.07, 6.45) is -0.0103. The van der Waals surface area contributed by atoms with E-state index in [9.17, 15) is 13.9 Å². The van der Waals surface area contributed by atoms with Crippen LogP contribution in [0.25, 0.3) is 5.70 Å². The molecule has 0 saturated carbocycles. The second kappa shape index (κ2) is 9.27. The molecule has 10 heteroatoms. The minimum atomic E-state index is -2.60. The molecule has 0 spiro atoms. The van der Waals surface area contributed by atoms with Crippen LogP contribution >= 0.6 is 0 Å². The van der Waals surface area contributed by atoms with Crippen LogP contribution in [0.1, 0.15) is 36.6 Å². The van der Waals surface area contributed by atoms with Gasteiger partial charge in [-0.3, -0.25) is 0 Å². The maximum atomic E-state index is 12.9. The number of rotatable bonds is 8. The Labute approximate surface area is 167 Å². The van der Waals surface area contributed by atoms with Gasteiger partial charge in [0.1, 0.15) is 11.6 Å². The van der Waals surface area contributed by atoms with Gasteiger partial charge in [0, 0.05) is 18.0 Å². The second-order valence-electron chi connectivity index (χ2n) is 6.90. The summed E-state index contributed by atoms with van der Waals surface area (Å²) in [6.45, 7) is 3.31. The fourth-order valence-electron chi connectivity index (χ4n) is 2.57. The normalized spacial score (nSPS) is 13.7. The Morgan fingerprint density at radius 2 is 2.14 bits per heavy atom. The van der Waals surface area contributed by atoms with Crippen molar-refractivity contribution >= 4 is 17.3 Å². The third-order valence-corrected chi connectivity index (χ3v) is 3.85. The molecule has 0 bridgehead atoms. The molecule has 0 aliphatic rings. The average Bonchev–Trinajstić information content (AvgIpc) is 2.60. The topological polar surface area (TPSA) is 137 Å². The van der Waals surface area contributed by atoms with E-state index in [1.54, 1.807) is 12.1 Å². The highest BCUT2D eigenvalue weighted by atomic mass is 19.3. The lowest BCUT2D eigenvalue weighted by Crippen LogP contribution is -2.41. The predicted molar refractivity (Wildman–Crippen MR) is 105 cm³/mol. The monoisotopic (exact) mass is 403 g/mol. The van der Waals surface area contributed by atoms with Gasteiger partial charge in [0.15, 0.2) is 0 Å². The Morgan fingerprint density at radius 1 is 1.41 bits per heavy atom. The quantitative estimate of drug-likeness (QED) is 0.390. The number of aliphatic hydroxyl groups is 1. The Morgan fingerprint density at radius 3 is 2.79 bits per heavy atom. The van der Waals surface area contributed by atoms with Crippen LogP contribution in [0, 0.1) is 18.3 Å². The number of aromatic nitrogens is 2. The number of aryl methyl sites for hydroxylation is 1. The second-order valence-corrected chi connectivity index (χ2v) is 6.90. The highest BCUT2D eigenvalue weighted by Gasteiger charge is 2.22. The maximum Gasteiger partial charge on any atom is 0.264 e. The lowest BCUT2D eigenvalue weighted by atomic mass is 10.0. The summed E-state index contributed by atoms with van der Waals surface area (Å²) in [7, 11) is 0. The number of nitrogens with one attached hydrogen (secondary N) is 1. The molecule has 2 heterocycles. The summed E-state index contributed by atoms with van der Waals surface area (Å²) in [5.74, 6) is 6.45. The fourth-order valence-corrected chi connectivity index (χ4v) is 2.57. The molecule has 0 saturated heterocycles. The van der Waals surface area contributed by atoms with Gasteiger partial charge in [-0.2, -0.15) is 5.26 Å². The standard InChI is InChI=1S/C19H23F2N7O/c1-12-7-15(14(23)10-28(24)11-19(2,29)4-5-22)26-17(8-12)27-16-9-13(18(20)21)3-6-25-16/h3,6-10,18,29H,4,11,23-24H2,1-2H3,(H,25,26,27)/b14-10-. The SMILES string of the molecule is Cc1cc(Nc2cc(C(F)F)ccn2)nc(/C(N)=C/N(N)CC(C)(O)CC#N)c1. The molecule has 0 aliphatic carbocycles. The zero-order valence-corrected chi connectivity index (χ0v) is 16.1. The molecule has 154 valence electrons. The van der Waals surface area contributed by atoms with Gasteiger partial charge in [-0.15, -0.1) is 0 Å². The van der Waals surface area contributed by atoms with Crippen molar-refractivity contribution in [3.63, 3.8) is 0 Å². The lowest BCUT2D eigenvalue weighted by molar-refractivity contribution is 0.0370. The van der Waals surface area contributed by atoms with Gasteiger partial charge < -0.3 is 21.2 Å². The molecule has 0 fully saturated rings. The lowest BCUT2D eigenvalue weighted by Gasteiger charge is -2.25. The zero-order valence-electron chi connectivity index (χ0n) is 16.1. The minimum Gasteiger partial charge on any atom is -0.396 e. The van der Waals surface area contributed by atoms with E-state index in [1.807, 2.05) is 13.0 Å². The van der Waals surface area contributed by atoms with E-state index in [1.165, 1.54) is 36.5 Å². The number of hydrogen-bond donors (Lipinski definition) is 4. The molecule has 0 aromatic carbocycles. The Balaban J connectivity index is 2.21. The van der Waals surface area contributed by atoms with Crippen LogP contribution in [0.3, 0.4) is 0 Å². The largest absolute Gasteiger partial charge is 0.396 e. The molecule has 8 nitrogen and oxygen atoms in total. The third kappa shape index (κ3) is 6.67. The van der Waals surface area contributed by atoms with Gasteiger partial charge in [0.05, 0.1) is 36.0 Å². The van der Waals surface area contributed by atoms with Crippen LogP contribution in [0.2, 0.25) is 0 Å². The molecule has 2 rings (SSSR count). The highest BCUT2D eigenvalue weighted by molar-refractivity contribution is 5.63. The Hall–Kier alpha value is -3.29. The molecule has 29 heavy (non-hydrogen) atoms. The van der Waals surface area contributed by atoms with Gasteiger partial charge in [0.2, 0.25) is 0 Å². The minimum absolute atomic E-state index is 0.0114. The number of alkyl halides is 2. The Bertz CT molecular complexity index is 925. The summed E-state index contributed by atoms with van der Waals surface area (Å²) in [5.41, 5.74) is 6.06. The number of nitrogens with zero attached hydrogens (tertiary/aromatic N) is 4. The molecule has 1 atom stereocenters.